The Hall–Kier alpha value is -2.87. The molecule has 0 saturated carbocycles. The molecule has 7 nitrogen and oxygen atoms in total. The standard InChI is InChI=1S/C22H26N2O5S/c1-3-29-15-7-5-14(6-8-15)23-21(28)20-16-9-4-13(2)12-17(16)30-22(20)24-18(25)10-11-19(26)27/h5-8,13H,3-4,9-12H2,1-2H3,(H,23,28)(H,24,25)(H,26,27)/t13-/m1/s1. The second-order valence-corrected chi connectivity index (χ2v) is 8.51. The number of rotatable bonds is 8. The Morgan fingerprint density at radius 2 is 1.90 bits per heavy atom. The number of nitrogens with one attached hydrogen (secondary N) is 2. The third kappa shape index (κ3) is 5.38. The molecule has 1 atom stereocenters. The Kier molecular flexibility index (Phi) is 7.10. The van der Waals surface area contributed by atoms with Crippen molar-refractivity contribution in [3.05, 3.63) is 40.3 Å². The number of anilines is 2. The number of carboxylic acid groups (broad SMARTS) is 1. The van der Waals surface area contributed by atoms with Gasteiger partial charge < -0.3 is 20.5 Å². The number of hydrogen-bond acceptors (Lipinski definition) is 5. The number of ether oxygens (including phenoxy) is 1. The first-order valence-corrected chi connectivity index (χ1v) is 10.9. The normalized spacial score (nSPS) is 15.2. The Morgan fingerprint density at radius 3 is 2.57 bits per heavy atom. The summed E-state index contributed by atoms with van der Waals surface area (Å²) in [5.41, 5.74) is 2.10. The van der Waals surface area contributed by atoms with Gasteiger partial charge in [0.05, 0.1) is 18.6 Å². The SMILES string of the molecule is CCOc1ccc(NC(=O)c2c(NC(=O)CCC(=O)O)sc3c2CC[C@@H](C)C3)cc1. The van der Waals surface area contributed by atoms with Gasteiger partial charge in [-0.3, -0.25) is 14.4 Å². The maximum Gasteiger partial charge on any atom is 0.303 e. The topological polar surface area (TPSA) is 105 Å². The maximum absolute atomic E-state index is 13.1. The molecule has 1 aliphatic carbocycles. The number of amides is 2. The highest BCUT2D eigenvalue weighted by Gasteiger charge is 2.28. The van der Waals surface area contributed by atoms with Crippen LogP contribution in [-0.4, -0.2) is 29.5 Å². The van der Waals surface area contributed by atoms with Crippen LogP contribution in [-0.2, 0) is 22.4 Å². The van der Waals surface area contributed by atoms with Crippen LogP contribution in [0.3, 0.4) is 0 Å². The van der Waals surface area contributed by atoms with Crippen molar-refractivity contribution < 1.29 is 24.2 Å². The lowest BCUT2D eigenvalue weighted by molar-refractivity contribution is -0.138. The van der Waals surface area contributed by atoms with E-state index in [1.54, 1.807) is 24.3 Å². The molecule has 0 aliphatic heterocycles. The van der Waals surface area contributed by atoms with Gasteiger partial charge in [0.2, 0.25) is 5.91 Å². The van der Waals surface area contributed by atoms with Crippen LogP contribution in [0.5, 0.6) is 5.75 Å². The first kappa shape index (κ1) is 21.8. The van der Waals surface area contributed by atoms with Gasteiger partial charge >= 0.3 is 5.97 Å². The van der Waals surface area contributed by atoms with Crippen molar-refractivity contribution in [3.8, 4) is 5.75 Å². The predicted molar refractivity (Wildman–Crippen MR) is 117 cm³/mol. The fourth-order valence-corrected chi connectivity index (χ4v) is 4.91. The van der Waals surface area contributed by atoms with Gasteiger partial charge in [-0.15, -0.1) is 11.3 Å². The fourth-order valence-electron chi connectivity index (χ4n) is 3.48. The minimum Gasteiger partial charge on any atom is -0.494 e. The second kappa shape index (κ2) is 9.75. The minimum atomic E-state index is -1.03. The van der Waals surface area contributed by atoms with E-state index in [0.717, 1.165) is 35.5 Å². The van der Waals surface area contributed by atoms with E-state index in [2.05, 4.69) is 17.6 Å². The summed E-state index contributed by atoms with van der Waals surface area (Å²) in [6, 6.07) is 7.13. The van der Waals surface area contributed by atoms with Crippen molar-refractivity contribution in [3.63, 3.8) is 0 Å². The molecule has 30 heavy (non-hydrogen) atoms. The molecule has 1 aliphatic rings. The lowest BCUT2D eigenvalue weighted by atomic mass is 9.88. The molecule has 160 valence electrons. The average Bonchev–Trinajstić information content (AvgIpc) is 3.04. The van der Waals surface area contributed by atoms with Crippen molar-refractivity contribution in [2.45, 2.75) is 46.0 Å². The summed E-state index contributed by atoms with van der Waals surface area (Å²) in [7, 11) is 0. The van der Waals surface area contributed by atoms with E-state index in [9.17, 15) is 14.4 Å². The van der Waals surface area contributed by atoms with E-state index in [1.807, 2.05) is 6.92 Å². The van der Waals surface area contributed by atoms with Crippen molar-refractivity contribution in [1.29, 1.82) is 0 Å². The number of benzene rings is 1. The first-order chi connectivity index (χ1) is 14.4. The number of aliphatic carboxylic acids is 1. The summed E-state index contributed by atoms with van der Waals surface area (Å²) in [5.74, 6) is -0.464. The molecular formula is C22H26N2O5S. The second-order valence-electron chi connectivity index (χ2n) is 7.41. The van der Waals surface area contributed by atoms with E-state index in [0.29, 0.717) is 28.8 Å². The molecular weight excluding hydrogens is 404 g/mol. The van der Waals surface area contributed by atoms with Gasteiger partial charge in [-0.05, 0) is 61.9 Å². The fraction of sp³-hybridized carbons (Fsp3) is 0.409. The van der Waals surface area contributed by atoms with Crippen LogP contribution < -0.4 is 15.4 Å². The molecule has 0 fully saturated rings. The van der Waals surface area contributed by atoms with Crippen LogP contribution in [0.4, 0.5) is 10.7 Å². The molecule has 0 radical (unpaired) electrons. The van der Waals surface area contributed by atoms with Crippen LogP contribution in [0.15, 0.2) is 24.3 Å². The summed E-state index contributed by atoms with van der Waals surface area (Å²) in [4.78, 5) is 37.2. The lowest BCUT2D eigenvalue weighted by Crippen LogP contribution is -2.19. The monoisotopic (exact) mass is 430 g/mol. The third-order valence-electron chi connectivity index (χ3n) is 4.98. The van der Waals surface area contributed by atoms with E-state index < -0.39 is 11.9 Å². The van der Waals surface area contributed by atoms with Gasteiger partial charge in [0.1, 0.15) is 10.8 Å². The number of carboxylic acids is 1. The highest BCUT2D eigenvalue weighted by molar-refractivity contribution is 7.17. The molecule has 3 N–H and O–H groups in total. The van der Waals surface area contributed by atoms with Gasteiger partial charge in [-0.25, -0.2) is 0 Å². The molecule has 2 aromatic rings. The smallest absolute Gasteiger partial charge is 0.303 e. The van der Waals surface area contributed by atoms with E-state index >= 15 is 0 Å². The van der Waals surface area contributed by atoms with E-state index in [1.165, 1.54) is 11.3 Å². The number of carbonyl (C=O) groups is 3. The molecule has 2 amide bonds. The molecule has 0 saturated heterocycles. The van der Waals surface area contributed by atoms with Gasteiger partial charge in [-0.2, -0.15) is 0 Å². The number of carbonyl (C=O) groups excluding carboxylic acids is 2. The molecule has 0 unspecified atom stereocenters. The van der Waals surface area contributed by atoms with Gasteiger partial charge in [0, 0.05) is 17.0 Å². The zero-order valence-electron chi connectivity index (χ0n) is 17.1. The maximum atomic E-state index is 13.1. The van der Waals surface area contributed by atoms with Gasteiger partial charge in [0.15, 0.2) is 0 Å². The largest absolute Gasteiger partial charge is 0.494 e. The van der Waals surface area contributed by atoms with Crippen molar-refractivity contribution in [1.82, 2.24) is 0 Å². The summed E-state index contributed by atoms with van der Waals surface area (Å²) >= 11 is 1.42. The zero-order chi connectivity index (χ0) is 21.7. The van der Waals surface area contributed by atoms with Gasteiger partial charge in [0.25, 0.3) is 5.91 Å². The van der Waals surface area contributed by atoms with Crippen LogP contribution in [0.25, 0.3) is 0 Å². The average molecular weight is 431 g/mol. The molecule has 0 bridgehead atoms. The van der Waals surface area contributed by atoms with Crippen molar-refractivity contribution >= 4 is 39.8 Å². The molecule has 8 heteroatoms. The van der Waals surface area contributed by atoms with Crippen LogP contribution in [0, 0.1) is 5.92 Å². The Bertz CT molecular complexity index is 936. The summed E-state index contributed by atoms with van der Waals surface area (Å²) in [5, 5.41) is 15.0. The molecule has 1 heterocycles. The Labute approximate surface area is 179 Å². The summed E-state index contributed by atoms with van der Waals surface area (Å²) in [6.45, 7) is 4.64. The Morgan fingerprint density at radius 1 is 1.17 bits per heavy atom. The molecule has 1 aromatic heterocycles. The predicted octanol–water partition coefficient (Wildman–Crippen LogP) is 4.33. The van der Waals surface area contributed by atoms with Crippen LogP contribution in [0.1, 0.15) is 53.9 Å². The highest BCUT2D eigenvalue weighted by atomic mass is 32.1. The van der Waals surface area contributed by atoms with Crippen molar-refractivity contribution in [2.75, 3.05) is 17.2 Å². The molecule has 1 aromatic carbocycles. The number of thiophene rings is 1. The van der Waals surface area contributed by atoms with Crippen LogP contribution in [0.2, 0.25) is 0 Å². The number of hydrogen-bond donors (Lipinski definition) is 3. The third-order valence-corrected chi connectivity index (χ3v) is 6.15. The van der Waals surface area contributed by atoms with Crippen LogP contribution >= 0.6 is 11.3 Å². The van der Waals surface area contributed by atoms with E-state index in [-0.39, 0.29) is 18.7 Å². The number of fused-ring (bicyclic) bond motifs is 1. The summed E-state index contributed by atoms with van der Waals surface area (Å²) in [6.07, 6.45) is 2.26. The summed E-state index contributed by atoms with van der Waals surface area (Å²) < 4.78 is 5.42. The highest BCUT2D eigenvalue weighted by Crippen LogP contribution is 2.40. The first-order valence-electron chi connectivity index (χ1n) is 10.1. The molecule has 3 rings (SSSR count). The van der Waals surface area contributed by atoms with Crippen molar-refractivity contribution in [2.24, 2.45) is 5.92 Å². The van der Waals surface area contributed by atoms with E-state index in [4.69, 9.17) is 9.84 Å². The zero-order valence-corrected chi connectivity index (χ0v) is 17.9. The quantitative estimate of drug-likeness (QED) is 0.578. The lowest BCUT2D eigenvalue weighted by Gasteiger charge is -2.18. The Balaban J connectivity index is 1.82. The van der Waals surface area contributed by atoms with Gasteiger partial charge in [-0.1, -0.05) is 6.92 Å². The molecule has 0 spiro atoms. The minimum absolute atomic E-state index is 0.131.